The summed E-state index contributed by atoms with van der Waals surface area (Å²) in [5.74, 6) is 0.944. The van der Waals surface area contributed by atoms with Crippen molar-refractivity contribution in [2.75, 3.05) is 12.4 Å². The van der Waals surface area contributed by atoms with E-state index in [0.29, 0.717) is 0 Å². The number of hydrogen-bond acceptors (Lipinski definition) is 2. The number of rotatable bonds is 6. The highest BCUT2D eigenvalue weighted by molar-refractivity contribution is 5.96. The molecule has 22 heavy (non-hydrogen) atoms. The molecule has 0 aliphatic carbocycles. The van der Waals surface area contributed by atoms with E-state index in [4.69, 9.17) is 4.74 Å². The first-order valence-electron chi connectivity index (χ1n) is 7.65. The molecule has 0 saturated heterocycles. The molecule has 0 unspecified atom stereocenters. The van der Waals surface area contributed by atoms with Crippen LogP contribution in [0.25, 0.3) is 0 Å². The molecule has 0 aliphatic rings. The fraction of sp³-hybridized carbons (Fsp3) is 0.316. The lowest BCUT2D eigenvalue weighted by Gasteiger charge is -2.22. The third-order valence-corrected chi connectivity index (χ3v) is 4.01. The number of amides is 1. The number of benzene rings is 2. The standard InChI is InChI=1S/C19H23NO2/c1-4-14(2)18(15-8-6-5-7-9-15)19(21)20-16-10-12-17(22-3)13-11-16/h5-14,18H,4H2,1-3H3,(H,20,21)/t14-,18-/m0/s1. The van der Waals surface area contributed by atoms with Crippen LogP contribution in [0.2, 0.25) is 0 Å². The van der Waals surface area contributed by atoms with Crippen LogP contribution in [-0.4, -0.2) is 13.0 Å². The Kier molecular flexibility index (Phi) is 5.59. The number of nitrogens with one attached hydrogen (secondary N) is 1. The number of carbonyl (C=O) groups excluding carboxylic acids is 1. The minimum Gasteiger partial charge on any atom is -0.497 e. The molecule has 2 atom stereocenters. The molecule has 0 aromatic heterocycles. The third kappa shape index (κ3) is 3.88. The van der Waals surface area contributed by atoms with Gasteiger partial charge in [-0.2, -0.15) is 0 Å². The smallest absolute Gasteiger partial charge is 0.232 e. The van der Waals surface area contributed by atoms with Gasteiger partial charge in [0.2, 0.25) is 5.91 Å². The monoisotopic (exact) mass is 297 g/mol. The average molecular weight is 297 g/mol. The highest BCUT2D eigenvalue weighted by Crippen LogP contribution is 2.28. The Morgan fingerprint density at radius 3 is 2.27 bits per heavy atom. The second-order valence-electron chi connectivity index (χ2n) is 5.49. The lowest BCUT2D eigenvalue weighted by Crippen LogP contribution is -2.26. The van der Waals surface area contributed by atoms with Gasteiger partial charge < -0.3 is 10.1 Å². The second kappa shape index (κ2) is 7.64. The van der Waals surface area contributed by atoms with Crippen molar-refractivity contribution in [3.63, 3.8) is 0 Å². The maximum atomic E-state index is 12.7. The number of anilines is 1. The van der Waals surface area contributed by atoms with Crippen molar-refractivity contribution in [1.82, 2.24) is 0 Å². The van der Waals surface area contributed by atoms with E-state index in [2.05, 4.69) is 19.2 Å². The van der Waals surface area contributed by atoms with Crippen LogP contribution in [0.5, 0.6) is 5.75 Å². The fourth-order valence-corrected chi connectivity index (χ4v) is 2.53. The van der Waals surface area contributed by atoms with Crippen LogP contribution in [0.15, 0.2) is 54.6 Å². The molecule has 0 fully saturated rings. The quantitative estimate of drug-likeness (QED) is 0.854. The second-order valence-corrected chi connectivity index (χ2v) is 5.49. The van der Waals surface area contributed by atoms with Crippen LogP contribution in [0.1, 0.15) is 31.7 Å². The van der Waals surface area contributed by atoms with E-state index < -0.39 is 0 Å². The minimum atomic E-state index is -0.145. The lowest BCUT2D eigenvalue weighted by atomic mass is 9.85. The zero-order valence-corrected chi connectivity index (χ0v) is 13.4. The van der Waals surface area contributed by atoms with Gasteiger partial charge in [-0.1, -0.05) is 50.6 Å². The molecule has 2 rings (SSSR count). The van der Waals surface area contributed by atoms with Gasteiger partial charge >= 0.3 is 0 Å². The van der Waals surface area contributed by atoms with Crippen LogP contribution in [0, 0.1) is 5.92 Å². The van der Waals surface area contributed by atoms with Crippen molar-refractivity contribution in [2.24, 2.45) is 5.92 Å². The SMILES string of the molecule is CC[C@H](C)[C@H](C(=O)Nc1ccc(OC)cc1)c1ccccc1. The summed E-state index contributed by atoms with van der Waals surface area (Å²) >= 11 is 0. The maximum Gasteiger partial charge on any atom is 0.232 e. The van der Waals surface area contributed by atoms with E-state index in [-0.39, 0.29) is 17.7 Å². The summed E-state index contributed by atoms with van der Waals surface area (Å²) in [6.07, 6.45) is 0.954. The highest BCUT2D eigenvalue weighted by Gasteiger charge is 2.25. The van der Waals surface area contributed by atoms with Gasteiger partial charge in [-0.15, -0.1) is 0 Å². The molecule has 3 nitrogen and oxygen atoms in total. The summed E-state index contributed by atoms with van der Waals surface area (Å²) in [5, 5.41) is 3.01. The summed E-state index contributed by atoms with van der Waals surface area (Å²) < 4.78 is 5.13. The molecule has 0 saturated carbocycles. The van der Waals surface area contributed by atoms with Gasteiger partial charge in [-0.25, -0.2) is 0 Å². The van der Waals surface area contributed by atoms with Crippen LogP contribution >= 0.6 is 0 Å². The van der Waals surface area contributed by atoms with Gasteiger partial charge in [0.1, 0.15) is 5.75 Å². The first-order chi connectivity index (χ1) is 10.7. The first-order valence-corrected chi connectivity index (χ1v) is 7.65. The van der Waals surface area contributed by atoms with Gasteiger partial charge in [0.15, 0.2) is 0 Å². The molecule has 116 valence electrons. The van der Waals surface area contributed by atoms with Crippen LogP contribution in [0.3, 0.4) is 0 Å². The summed E-state index contributed by atoms with van der Waals surface area (Å²) in [7, 11) is 1.63. The van der Waals surface area contributed by atoms with Crippen molar-refractivity contribution in [2.45, 2.75) is 26.2 Å². The minimum absolute atomic E-state index is 0.0331. The Morgan fingerprint density at radius 2 is 1.73 bits per heavy atom. The predicted molar refractivity (Wildman–Crippen MR) is 90.3 cm³/mol. The fourth-order valence-electron chi connectivity index (χ4n) is 2.53. The number of methoxy groups -OCH3 is 1. The van der Waals surface area contributed by atoms with E-state index in [1.165, 1.54) is 0 Å². The topological polar surface area (TPSA) is 38.3 Å². The molecule has 0 bridgehead atoms. The van der Waals surface area contributed by atoms with Crippen LogP contribution in [0.4, 0.5) is 5.69 Å². The largest absolute Gasteiger partial charge is 0.497 e. The maximum absolute atomic E-state index is 12.7. The van der Waals surface area contributed by atoms with E-state index in [1.807, 2.05) is 54.6 Å². The van der Waals surface area contributed by atoms with Crippen molar-refractivity contribution in [3.05, 3.63) is 60.2 Å². The molecule has 0 radical (unpaired) electrons. The predicted octanol–water partition coefficient (Wildman–Crippen LogP) is 4.46. The molecule has 1 N–H and O–H groups in total. The number of ether oxygens (including phenoxy) is 1. The van der Waals surface area contributed by atoms with Gasteiger partial charge in [0, 0.05) is 5.69 Å². The third-order valence-electron chi connectivity index (χ3n) is 4.01. The molecular formula is C19H23NO2. The number of hydrogen-bond donors (Lipinski definition) is 1. The van der Waals surface area contributed by atoms with Crippen molar-refractivity contribution in [3.8, 4) is 5.75 Å². The van der Waals surface area contributed by atoms with Crippen molar-refractivity contribution >= 4 is 11.6 Å². The van der Waals surface area contributed by atoms with E-state index in [9.17, 15) is 4.79 Å². The molecule has 1 amide bonds. The Bertz CT molecular complexity index is 593. The molecule has 0 heterocycles. The van der Waals surface area contributed by atoms with Gasteiger partial charge in [0.25, 0.3) is 0 Å². The molecule has 2 aromatic carbocycles. The molecule has 3 heteroatoms. The van der Waals surface area contributed by atoms with Crippen molar-refractivity contribution in [1.29, 1.82) is 0 Å². The van der Waals surface area contributed by atoms with Gasteiger partial charge in [0.05, 0.1) is 13.0 Å². The Labute approximate surface area is 132 Å². The average Bonchev–Trinajstić information content (AvgIpc) is 2.56. The lowest BCUT2D eigenvalue weighted by molar-refractivity contribution is -0.118. The number of carbonyl (C=O) groups is 1. The first kappa shape index (κ1) is 16.1. The van der Waals surface area contributed by atoms with E-state index >= 15 is 0 Å². The zero-order chi connectivity index (χ0) is 15.9. The Hall–Kier alpha value is -2.29. The Balaban J connectivity index is 2.18. The molecular weight excluding hydrogens is 274 g/mol. The molecule has 0 spiro atoms. The highest BCUT2D eigenvalue weighted by atomic mass is 16.5. The van der Waals surface area contributed by atoms with E-state index in [1.54, 1.807) is 7.11 Å². The summed E-state index contributed by atoms with van der Waals surface area (Å²) in [6, 6.07) is 17.4. The van der Waals surface area contributed by atoms with Gasteiger partial charge in [-0.05, 0) is 35.7 Å². The van der Waals surface area contributed by atoms with Crippen LogP contribution in [-0.2, 0) is 4.79 Å². The van der Waals surface area contributed by atoms with Crippen molar-refractivity contribution < 1.29 is 9.53 Å². The summed E-state index contributed by atoms with van der Waals surface area (Å²) in [6.45, 7) is 4.23. The summed E-state index contributed by atoms with van der Waals surface area (Å²) in [5.41, 5.74) is 1.85. The Morgan fingerprint density at radius 1 is 1.09 bits per heavy atom. The van der Waals surface area contributed by atoms with Crippen LogP contribution < -0.4 is 10.1 Å². The normalized spacial score (nSPS) is 13.2. The van der Waals surface area contributed by atoms with Gasteiger partial charge in [-0.3, -0.25) is 4.79 Å². The summed E-state index contributed by atoms with van der Waals surface area (Å²) in [4.78, 5) is 12.7. The molecule has 0 aliphatic heterocycles. The molecule has 2 aromatic rings. The zero-order valence-electron chi connectivity index (χ0n) is 13.4. The van der Waals surface area contributed by atoms with E-state index in [0.717, 1.165) is 23.4 Å².